The number of aromatic nitrogens is 2. The summed E-state index contributed by atoms with van der Waals surface area (Å²) in [5, 5.41) is 0.494. The van der Waals surface area contributed by atoms with Crippen LogP contribution >= 0.6 is 0 Å². The second-order valence-electron chi connectivity index (χ2n) is 4.74. The third-order valence-corrected chi connectivity index (χ3v) is 4.54. The Kier molecular flexibility index (Phi) is 2.89. The standard InChI is InChI=1S/C15H12N2O3S/c18-21(15-16-11-3-1-2-4-12(11)17-15)8-10-5-6-13-14(7-10)20-9-19-13/h1-7H,8-9H2,(H,16,17). The SMILES string of the molecule is O=S(Cc1ccc2c(c1)OCO2)c1nc2ccccc2[nH]1. The molecule has 4 rings (SSSR count). The summed E-state index contributed by atoms with van der Waals surface area (Å²) in [6.45, 7) is 0.242. The lowest BCUT2D eigenvalue weighted by atomic mass is 10.2. The topological polar surface area (TPSA) is 64.2 Å². The Morgan fingerprint density at radius 1 is 1.14 bits per heavy atom. The first kappa shape index (κ1) is 12.4. The third kappa shape index (κ3) is 2.27. The van der Waals surface area contributed by atoms with Gasteiger partial charge in [0, 0.05) is 0 Å². The van der Waals surface area contributed by atoms with E-state index >= 15 is 0 Å². The molecule has 0 radical (unpaired) electrons. The molecule has 1 atom stereocenters. The van der Waals surface area contributed by atoms with Crippen LogP contribution in [0.25, 0.3) is 11.0 Å². The van der Waals surface area contributed by atoms with Gasteiger partial charge in [0.05, 0.1) is 27.6 Å². The number of aromatic amines is 1. The summed E-state index contributed by atoms with van der Waals surface area (Å²) in [6, 6.07) is 13.2. The highest BCUT2D eigenvalue weighted by Crippen LogP contribution is 2.33. The number of benzene rings is 2. The van der Waals surface area contributed by atoms with Crippen molar-refractivity contribution >= 4 is 21.8 Å². The van der Waals surface area contributed by atoms with Crippen LogP contribution in [0.2, 0.25) is 0 Å². The normalized spacial score (nSPS) is 14.5. The molecule has 0 amide bonds. The molecule has 3 aromatic rings. The number of nitrogens with zero attached hydrogens (tertiary/aromatic N) is 1. The van der Waals surface area contributed by atoms with Crippen LogP contribution < -0.4 is 9.47 Å². The summed E-state index contributed by atoms with van der Waals surface area (Å²) in [4.78, 5) is 7.47. The molecular weight excluding hydrogens is 288 g/mol. The Balaban J connectivity index is 1.60. The number of nitrogens with one attached hydrogen (secondary N) is 1. The van der Waals surface area contributed by atoms with Gasteiger partial charge in [0.1, 0.15) is 0 Å². The van der Waals surface area contributed by atoms with Gasteiger partial charge in [0.15, 0.2) is 16.7 Å². The van der Waals surface area contributed by atoms with Crippen LogP contribution in [0, 0.1) is 0 Å². The van der Waals surface area contributed by atoms with Crippen LogP contribution in [-0.2, 0) is 16.6 Å². The molecule has 1 unspecified atom stereocenters. The van der Waals surface area contributed by atoms with Gasteiger partial charge in [-0.05, 0) is 29.8 Å². The fourth-order valence-electron chi connectivity index (χ4n) is 2.29. The van der Waals surface area contributed by atoms with Crippen molar-refractivity contribution in [2.24, 2.45) is 0 Å². The van der Waals surface area contributed by atoms with Crippen molar-refractivity contribution in [1.82, 2.24) is 9.97 Å². The van der Waals surface area contributed by atoms with Gasteiger partial charge in [-0.25, -0.2) is 4.98 Å². The fourth-order valence-corrected chi connectivity index (χ4v) is 3.33. The lowest BCUT2D eigenvalue weighted by molar-refractivity contribution is 0.174. The van der Waals surface area contributed by atoms with Gasteiger partial charge in [0.2, 0.25) is 6.79 Å². The van der Waals surface area contributed by atoms with Crippen molar-refractivity contribution in [3.8, 4) is 11.5 Å². The average Bonchev–Trinajstić information content (AvgIpc) is 3.13. The Bertz CT molecular complexity index is 811. The molecule has 1 aliphatic heterocycles. The van der Waals surface area contributed by atoms with Crippen LogP contribution in [0.15, 0.2) is 47.6 Å². The quantitative estimate of drug-likeness (QED) is 0.807. The molecule has 0 fully saturated rings. The van der Waals surface area contributed by atoms with Gasteiger partial charge >= 0.3 is 0 Å². The van der Waals surface area contributed by atoms with E-state index in [2.05, 4.69) is 9.97 Å². The molecule has 2 heterocycles. The zero-order chi connectivity index (χ0) is 14.2. The van der Waals surface area contributed by atoms with E-state index in [0.717, 1.165) is 22.3 Å². The van der Waals surface area contributed by atoms with Crippen molar-refractivity contribution < 1.29 is 13.7 Å². The minimum Gasteiger partial charge on any atom is -0.454 e. The van der Waals surface area contributed by atoms with Gasteiger partial charge in [-0.1, -0.05) is 18.2 Å². The molecule has 0 aliphatic carbocycles. The number of ether oxygens (including phenoxy) is 2. The van der Waals surface area contributed by atoms with E-state index < -0.39 is 10.8 Å². The van der Waals surface area contributed by atoms with Crippen LogP contribution in [0.1, 0.15) is 5.56 Å². The minimum absolute atomic E-state index is 0.242. The molecule has 5 nitrogen and oxygen atoms in total. The summed E-state index contributed by atoms with van der Waals surface area (Å²) in [7, 11) is -1.23. The molecule has 1 aliphatic rings. The molecule has 0 spiro atoms. The van der Waals surface area contributed by atoms with E-state index in [9.17, 15) is 4.21 Å². The van der Waals surface area contributed by atoms with Gasteiger partial charge < -0.3 is 14.5 Å². The molecule has 106 valence electrons. The summed E-state index contributed by atoms with van der Waals surface area (Å²) in [5.74, 6) is 1.82. The lowest BCUT2D eigenvalue weighted by Gasteiger charge is -2.01. The number of H-pyrrole nitrogens is 1. The Morgan fingerprint density at radius 2 is 2.00 bits per heavy atom. The Hall–Kier alpha value is -2.34. The molecule has 21 heavy (non-hydrogen) atoms. The van der Waals surface area contributed by atoms with Crippen molar-refractivity contribution in [3.05, 3.63) is 48.0 Å². The van der Waals surface area contributed by atoms with E-state index in [0.29, 0.717) is 16.7 Å². The molecule has 6 heteroatoms. The van der Waals surface area contributed by atoms with Gasteiger partial charge in [-0.15, -0.1) is 0 Å². The maximum Gasteiger partial charge on any atom is 0.231 e. The highest BCUT2D eigenvalue weighted by molar-refractivity contribution is 7.84. The number of para-hydroxylation sites is 2. The van der Waals surface area contributed by atoms with Gasteiger partial charge in [-0.3, -0.25) is 4.21 Å². The summed E-state index contributed by atoms with van der Waals surface area (Å²) in [6.07, 6.45) is 0. The first-order valence-corrected chi connectivity index (χ1v) is 7.83. The molecule has 1 aromatic heterocycles. The Labute approximate surface area is 123 Å². The molecule has 2 aromatic carbocycles. The predicted molar refractivity (Wildman–Crippen MR) is 78.8 cm³/mol. The summed E-state index contributed by atoms with van der Waals surface area (Å²) in [5.41, 5.74) is 2.65. The second kappa shape index (κ2) is 4.89. The number of rotatable bonds is 3. The van der Waals surface area contributed by atoms with Crippen molar-refractivity contribution in [1.29, 1.82) is 0 Å². The lowest BCUT2D eigenvalue weighted by Crippen LogP contribution is -1.98. The van der Waals surface area contributed by atoms with E-state index in [-0.39, 0.29) is 6.79 Å². The maximum atomic E-state index is 12.4. The zero-order valence-electron chi connectivity index (χ0n) is 11.0. The van der Waals surface area contributed by atoms with Crippen LogP contribution in [0.3, 0.4) is 0 Å². The predicted octanol–water partition coefficient (Wildman–Crippen LogP) is 2.60. The highest BCUT2D eigenvalue weighted by atomic mass is 32.2. The van der Waals surface area contributed by atoms with E-state index in [1.165, 1.54) is 0 Å². The van der Waals surface area contributed by atoms with Gasteiger partial charge in [-0.2, -0.15) is 0 Å². The maximum absolute atomic E-state index is 12.4. The van der Waals surface area contributed by atoms with Crippen LogP contribution in [0.5, 0.6) is 11.5 Å². The van der Waals surface area contributed by atoms with Crippen molar-refractivity contribution in [2.45, 2.75) is 10.9 Å². The van der Waals surface area contributed by atoms with Crippen LogP contribution in [0.4, 0.5) is 0 Å². The summed E-state index contributed by atoms with van der Waals surface area (Å²) < 4.78 is 23.0. The highest BCUT2D eigenvalue weighted by Gasteiger charge is 2.16. The number of fused-ring (bicyclic) bond motifs is 2. The van der Waals surface area contributed by atoms with E-state index in [1.807, 2.05) is 42.5 Å². The monoisotopic (exact) mass is 300 g/mol. The third-order valence-electron chi connectivity index (χ3n) is 3.32. The van der Waals surface area contributed by atoms with Crippen molar-refractivity contribution in [2.75, 3.05) is 6.79 Å². The molecule has 0 saturated heterocycles. The average molecular weight is 300 g/mol. The number of imidazole rings is 1. The second-order valence-corrected chi connectivity index (χ2v) is 6.10. The smallest absolute Gasteiger partial charge is 0.231 e. The number of hydrogen-bond acceptors (Lipinski definition) is 4. The van der Waals surface area contributed by atoms with Gasteiger partial charge in [0.25, 0.3) is 0 Å². The van der Waals surface area contributed by atoms with E-state index in [1.54, 1.807) is 0 Å². The molecule has 0 bridgehead atoms. The molecular formula is C15H12N2O3S. The summed E-state index contributed by atoms with van der Waals surface area (Å²) >= 11 is 0. The minimum atomic E-state index is -1.23. The molecule has 1 N–H and O–H groups in total. The zero-order valence-corrected chi connectivity index (χ0v) is 11.9. The van der Waals surface area contributed by atoms with Crippen LogP contribution in [-0.4, -0.2) is 21.0 Å². The van der Waals surface area contributed by atoms with Crippen molar-refractivity contribution in [3.63, 3.8) is 0 Å². The Morgan fingerprint density at radius 3 is 2.90 bits per heavy atom. The number of hydrogen-bond donors (Lipinski definition) is 1. The molecule has 0 saturated carbocycles. The largest absolute Gasteiger partial charge is 0.454 e. The first-order valence-electron chi connectivity index (χ1n) is 6.51. The van der Waals surface area contributed by atoms with E-state index in [4.69, 9.17) is 9.47 Å². The fraction of sp³-hybridized carbons (Fsp3) is 0.133. The first-order chi connectivity index (χ1) is 10.3.